The van der Waals surface area contributed by atoms with Gasteiger partial charge >= 0.3 is 6.03 Å². The van der Waals surface area contributed by atoms with E-state index in [1.165, 1.54) is 12.1 Å². The predicted molar refractivity (Wildman–Crippen MR) is 96.2 cm³/mol. The highest BCUT2D eigenvalue weighted by atomic mass is 32.1. The van der Waals surface area contributed by atoms with Crippen molar-refractivity contribution < 1.29 is 18.4 Å². The standard InChI is InChI=1S/C17H18F2N4O2S/c18-12-4-3-9(6-13(12)19)14-7-11(16(26-14)23-17(20)25)15(24)22-10-2-1-5-21-8-10/h3-4,6-7,10,21H,1-2,5,8H2,(H,22,24)(H3,20,23,25)/t10-/m0/s1. The largest absolute Gasteiger partial charge is 0.351 e. The Labute approximate surface area is 152 Å². The molecule has 1 aliphatic heterocycles. The van der Waals surface area contributed by atoms with E-state index in [-0.39, 0.29) is 22.5 Å². The van der Waals surface area contributed by atoms with Crippen LogP contribution in [-0.4, -0.2) is 31.1 Å². The quantitative estimate of drug-likeness (QED) is 0.657. The molecule has 6 nitrogen and oxygen atoms in total. The maximum Gasteiger partial charge on any atom is 0.317 e. The monoisotopic (exact) mass is 380 g/mol. The molecular weight excluding hydrogens is 362 g/mol. The number of carbonyl (C=O) groups is 2. The number of urea groups is 1. The molecule has 1 fully saturated rings. The zero-order valence-corrected chi connectivity index (χ0v) is 14.6. The first kappa shape index (κ1) is 18.3. The average molecular weight is 380 g/mol. The number of primary amides is 1. The van der Waals surface area contributed by atoms with Crippen LogP contribution in [-0.2, 0) is 0 Å². The second-order valence-electron chi connectivity index (χ2n) is 5.99. The van der Waals surface area contributed by atoms with Crippen LogP contribution in [0.5, 0.6) is 0 Å². The maximum atomic E-state index is 13.5. The molecule has 1 aromatic carbocycles. The van der Waals surface area contributed by atoms with Crippen molar-refractivity contribution in [1.82, 2.24) is 10.6 Å². The van der Waals surface area contributed by atoms with Crippen molar-refractivity contribution >= 4 is 28.3 Å². The van der Waals surface area contributed by atoms with Crippen molar-refractivity contribution in [3.05, 3.63) is 41.5 Å². The summed E-state index contributed by atoms with van der Waals surface area (Å²) in [6.07, 6.45) is 1.82. The number of piperidine rings is 1. The van der Waals surface area contributed by atoms with Gasteiger partial charge in [0, 0.05) is 17.5 Å². The van der Waals surface area contributed by atoms with Crippen molar-refractivity contribution in [3.63, 3.8) is 0 Å². The summed E-state index contributed by atoms with van der Waals surface area (Å²) < 4.78 is 26.6. The Balaban J connectivity index is 1.89. The summed E-state index contributed by atoms with van der Waals surface area (Å²) in [6.45, 7) is 1.59. The Morgan fingerprint density at radius 2 is 2.04 bits per heavy atom. The van der Waals surface area contributed by atoms with E-state index >= 15 is 0 Å². The van der Waals surface area contributed by atoms with Crippen molar-refractivity contribution in [2.75, 3.05) is 18.4 Å². The van der Waals surface area contributed by atoms with Crippen LogP contribution in [0.25, 0.3) is 10.4 Å². The number of thiophene rings is 1. The lowest BCUT2D eigenvalue weighted by molar-refractivity contribution is 0.0932. The molecule has 26 heavy (non-hydrogen) atoms. The van der Waals surface area contributed by atoms with E-state index in [4.69, 9.17) is 5.73 Å². The molecule has 0 spiro atoms. The lowest BCUT2D eigenvalue weighted by Gasteiger charge is -2.23. The van der Waals surface area contributed by atoms with Crippen molar-refractivity contribution in [2.45, 2.75) is 18.9 Å². The number of hydrogen-bond acceptors (Lipinski definition) is 4. The van der Waals surface area contributed by atoms with Crippen molar-refractivity contribution in [1.29, 1.82) is 0 Å². The van der Waals surface area contributed by atoms with Crippen molar-refractivity contribution in [3.8, 4) is 10.4 Å². The van der Waals surface area contributed by atoms with E-state index in [0.717, 1.165) is 42.9 Å². The van der Waals surface area contributed by atoms with E-state index < -0.39 is 17.7 Å². The smallest absolute Gasteiger partial charge is 0.317 e. The zero-order valence-electron chi connectivity index (χ0n) is 13.8. The van der Waals surface area contributed by atoms with Crippen LogP contribution in [0.4, 0.5) is 18.6 Å². The van der Waals surface area contributed by atoms with Crippen LogP contribution in [0.15, 0.2) is 24.3 Å². The van der Waals surface area contributed by atoms with Gasteiger partial charge in [0.25, 0.3) is 5.91 Å². The summed E-state index contributed by atoms with van der Waals surface area (Å²) in [5.74, 6) is -2.30. The van der Waals surface area contributed by atoms with Gasteiger partial charge in [0.2, 0.25) is 0 Å². The second kappa shape index (κ2) is 7.79. The average Bonchev–Trinajstić information content (AvgIpc) is 3.01. The number of amides is 3. The van der Waals surface area contributed by atoms with E-state index in [0.29, 0.717) is 17.0 Å². The predicted octanol–water partition coefficient (Wildman–Crippen LogP) is 2.67. The fourth-order valence-corrected chi connectivity index (χ4v) is 3.85. The minimum absolute atomic E-state index is 0.00991. The maximum absolute atomic E-state index is 13.5. The molecule has 2 heterocycles. The third kappa shape index (κ3) is 4.17. The highest BCUT2D eigenvalue weighted by molar-refractivity contribution is 7.20. The highest BCUT2D eigenvalue weighted by Gasteiger charge is 2.22. The molecular formula is C17H18F2N4O2S. The number of nitrogens with two attached hydrogens (primary N) is 1. The fourth-order valence-electron chi connectivity index (χ4n) is 2.79. The van der Waals surface area contributed by atoms with Gasteiger partial charge in [-0.15, -0.1) is 11.3 Å². The number of anilines is 1. The Bertz CT molecular complexity index is 834. The molecule has 1 aliphatic rings. The van der Waals surface area contributed by atoms with Crippen LogP contribution in [0.3, 0.4) is 0 Å². The molecule has 3 amide bonds. The number of nitrogens with one attached hydrogen (secondary N) is 3. The molecule has 0 saturated carbocycles. The summed E-state index contributed by atoms with van der Waals surface area (Å²) in [5, 5.41) is 8.80. The molecule has 0 radical (unpaired) electrons. The summed E-state index contributed by atoms with van der Waals surface area (Å²) >= 11 is 1.07. The van der Waals surface area contributed by atoms with Gasteiger partial charge in [-0.25, -0.2) is 13.6 Å². The molecule has 1 atom stereocenters. The molecule has 9 heteroatoms. The van der Waals surface area contributed by atoms with Crippen LogP contribution < -0.4 is 21.7 Å². The Hall–Kier alpha value is -2.52. The molecule has 3 rings (SSSR count). The molecule has 0 bridgehead atoms. The molecule has 0 unspecified atom stereocenters. The van der Waals surface area contributed by atoms with Gasteiger partial charge in [-0.1, -0.05) is 6.07 Å². The van der Waals surface area contributed by atoms with Gasteiger partial charge in [-0.3, -0.25) is 10.1 Å². The van der Waals surface area contributed by atoms with Crippen LogP contribution in [0, 0.1) is 11.6 Å². The number of halogens is 2. The SMILES string of the molecule is NC(=O)Nc1sc(-c2ccc(F)c(F)c2)cc1C(=O)N[C@H]1CCCNC1. The first-order valence-corrected chi connectivity index (χ1v) is 8.93. The summed E-state index contributed by atoms with van der Waals surface area (Å²) in [4.78, 5) is 24.4. The zero-order chi connectivity index (χ0) is 18.7. The van der Waals surface area contributed by atoms with Gasteiger partial charge in [0.15, 0.2) is 11.6 Å². The number of carbonyl (C=O) groups excluding carboxylic acids is 2. The van der Waals surface area contributed by atoms with Crippen LogP contribution >= 0.6 is 11.3 Å². The Kier molecular flexibility index (Phi) is 5.48. The number of rotatable bonds is 4. The third-order valence-electron chi connectivity index (χ3n) is 4.05. The third-order valence-corrected chi connectivity index (χ3v) is 5.15. The van der Waals surface area contributed by atoms with E-state index in [2.05, 4.69) is 16.0 Å². The van der Waals surface area contributed by atoms with Gasteiger partial charge in [-0.2, -0.15) is 0 Å². The van der Waals surface area contributed by atoms with Gasteiger partial charge < -0.3 is 16.4 Å². The first-order valence-electron chi connectivity index (χ1n) is 8.11. The van der Waals surface area contributed by atoms with Gasteiger partial charge in [-0.05, 0) is 43.1 Å². The Morgan fingerprint density at radius 3 is 2.69 bits per heavy atom. The topological polar surface area (TPSA) is 96.2 Å². The lowest BCUT2D eigenvalue weighted by atomic mass is 10.1. The van der Waals surface area contributed by atoms with Gasteiger partial charge in [0.1, 0.15) is 5.00 Å². The van der Waals surface area contributed by atoms with Crippen molar-refractivity contribution in [2.24, 2.45) is 5.73 Å². The summed E-state index contributed by atoms with van der Waals surface area (Å²) in [5.41, 5.74) is 5.81. The van der Waals surface area contributed by atoms with E-state index in [1.807, 2.05) is 0 Å². The van der Waals surface area contributed by atoms with Gasteiger partial charge in [0.05, 0.1) is 5.56 Å². The molecule has 1 saturated heterocycles. The highest BCUT2D eigenvalue weighted by Crippen LogP contribution is 2.36. The number of hydrogen-bond donors (Lipinski definition) is 4. The minimum Gasteiger partial charge on any atom is -0.351 e. The summed E-state index contributed by atoms with van der Waals surface area (Å²) in [6, 6.07) is 4.18. The summed E-state index contributed by atoms with van der Waals surface area (Å²) in [7, 11) is 0. The molecule has 5 N–H and O–H groups in total. The Morgan fingerprint density at radius 1 is 1.23 bits per heavy atom. The molecule has 0 aliphatic carbocycles. The first-order chi connectivity index (χ1) is 12.4. The normalized spacial score (nSPS) is 16.9. The lowest BCUT2D eigenvalue weighted by Crippen LogP contribution is -2.45. The second-order valence-corrected chi connectivity index (χ2v) is 7.04. The molecule has 1 aromatic heterocycles. The fraction of sp³-hybridized carbons (Fsp3) is 0.294. The van der Waals surface area contributed by atoms with E-state index in [1.54, 1.807) is 0 Å². The minimum atomic E-state index is -0.986. The van der Waals surface area contributed by atoms with Crippen LogP contribution in [0.2, 0.25) is 0 Å². The molecule has 138 valence electrons. The number of benzene rings is 1. The van der Waals surface area contributed by atoms with E-state index in [9.17, 15) is 18.4 Å². The molecule has 2 aromatic rings. The van der Waals surface area contributed by atoms with Crippen LogP contribution in [0.1, 0.15) is 23.2 Å².